The highest BCUT2D eigenvalue weighted by molar-refractivity contribution is 6.08. The van der Waals surface area contributed by atoms with Crippen LogP contribution in [-0.4, -0.2) is 37.5 Å². The molecule has 0 saturated heterocycles. The van der Waals surface area contributed by atoms with Crippen LogP contribution in [0.15, 0.2) is 42.5 Å². The zero-order valence-electron chi connectivity index (χ0n) is 11.4. The number of hydrogen-bond donors (Lipinski definition) is 0. The molecule has 0 saturated carbocycles. The molecule has 0 heterocycles. The zero-order valence-corrected chi connectivity index (χ0v) is 11.4. The van der Waals surface area contributed by atoms with Crippen molar-refractivity contribution in [3.63, 3.8) is 0 Å². The molecular weight excluding hydrogens is 234 g/mol. The Kier molecular flexibility index (Phi) is 3.69. The lowest BCUT2D eigenvalue weighted by atomic mass is 10.0. The van der Waals surface area contributed by atoms with E-state index in [9.17, 15) is 4.79 Å². The van der Waals surface area contributed by atoms with Gasteiger partial charge in [0.1, 0.15) is 13.1 Å². The number of fused-ring (bicyclic) bond motifs is 1. The second kappa shape index (κ2) is 5.26. The summed E-state index contributed by atoms with van der Waals surface area (Å²) in [5.74, 6) is 2.76. The Hall–Kier alpha value is -2.11. The number of hydrogen-bond acceptors (Lipinski definition) is 1. The van der Waals surface area contributed by atoms with E-state index in [1.807, 2.05) is 56.6 Å². The molecule has 2 aromatic rings. The standard InChI is InChI=1S/C17H18NO/c1-4-12-18(2,3)13-17(19)16-11-7-9-14-8-5-6-10-15(14)16/h1,5-11H,12-13H2,2-3H3/q+1. The van der Waals surface area contributed by atoms with Gasteiger partial charge in [0.2, 0.25) is 5.78 Å². The van der Waals surface area contributed by atoms with Crippen molar-refractivity contribution in [3.05, 3.63) is 48.0 Å². The van der Waals surface area contributed by atoms with Crippen molar-refractivity contribution in [3.8, 4) is 12.3 Å². The van der Waals surface area contributed by atoms with Gasteiger partial charge in [-0.15, -0.1) is 6.42 Å². The number of terminal acetylenes is 1. The van der Waals surface area contributed by atoms with Gasteiger partial charge < -0.3 is 4.48 Å². The van der Waals surface area contributed by atoms with Crippen molar-refractivity contribution in [2.45, 2.75) is 0 Å². The molecule has 0 amide bonds. The molecule has 0 spiro atoms. The Labute approximate surface area is 114 Å². The van der Waals surface area contributed by atoms with Crippen LogP contribution in [0.2, 0.25) is 0 Å². The van der Waals surface area contributed by atoms with Gasteiger partial charge in [-0.3, -0.25) is 4.79 Å². The van der Waals surface area contributed by atoms with E-state index >= 15 is 0 Å². The maximum absolute atomic E-state index is 12.5. The predicted octanol–water partition coefficient (Wildman–Crippen LogP) is 2.73. The third-order valence-corrected chi connectivity index (χ3v) is 3.18. The van der Waals surface area contributed by atoms with E-state index < -0.39 is 0 Å². The average molecular weight is 252 g/mol. The molecule has 0 unspecified atom stereocenters. The number of likely N-dealkylation sites (N-methyl/N-ethyl adjacent to an activating group) is 1. The van der Waals surface area contributed by atoms with Gasteiger partial charge in [0.15, 0.2) is 0 Å². The summed E-state index contributed by atoms with van der Waals surface area (Å²) in [6, 6.07) is 13.8. The fraction of sp³-hybridized carbons (Fsp3) is 0.235. The molecule has 2 nitrogen and oxygen atoms in total. The summed E-state index contributed by atoms with van der Waals surface area (Å²) in [5.41, 5.74) is 0.779. The minimum atomic E-state index is 0.136. The Balaban J connectivity index is 2.35. The van der Waals surface area contributed by atoms with Crippen molar-refractivity contribution in [1.82, 2.24) is 0 Å². The lowest BCUT2D eigenvalue weighted by Crippen LogP contribution is -2.44. The molecule has 2 heteroatoms. The van der Waals surface area contributed by atoms with E-state index in [1.54, 1.807) is 0 Å². The predicted molar refractivity (Wildman–Crippen MR) is 79.0 cm³/mol. The third-order valence-electron chi connectivity index (χ3n) is 3.18. The van der Waals surface area contributed by atoms with Crippen LogP contribution in [0, 0.1) is 12.3 Å². The molecule has 0 aliphatic carbocycles. The summed E-state index contributed by atoms with van der Waals surface area (Å²) in [5, 5.41) is 2.10. The highest BCUT2D eigenvalue weighted by atomic mass is 16.1. The fourth-order valence-corrected chi connectivity index (χ4v) is 2.25. The van der Waals surface area contributed by atoms with Gasteiger partial charge >= 0.3 is 0 Å². The molecule has 0 radical (unpaired) electrons. The Bertz CT molecular complexity index is 644. The number of benzene rings is 2. The van der Waals surface area contributed by atoms with Crippen molar-refractivity contribution < 1.29 is 9.28 Å². The van der Waals surface area contributed by atoms with Crippen LogP contribution < -0.4 is 0 Å². The molecule has 2 rings (SSSR count). The van der Waals surface area contributed by atoms with Gasteiger partial charge in [-0.25, -0.2) is 0 Å². The van der Waals surface area contributed by atoms with Gasteiger partial charge in [0, 0.05) is 5.56 Å². The number of rotatable bonds is 4. The minimum Gasteiger partial charge on any atom is -0.312 e. The Morgan fingerprint density at radius 1 is 1.16 bits per heavy atom. The molecule has 0 aliphatic rings. The van der Waals surface area contributed by atoms with Crippen LogP contribution in [0.3, 0.4) is 0 Å². The summed E-state index contributed by atoms with van der Waals surface area (Å²) in [7, 11) is 3.95. The second-order valence-electron chi connectivity index (χ2n) is 5.41. The van der Waals surface area contributed by atoms with E-state index in [2.05, 4.69) is 5.92 Å². The SMILES string of the molecule is C#CC[N+](C)(C)CC(=O)c1cccc2ccccc12. The van der Waals surface area contributed by atoms with E-state index in [0.29, 0.717) is 17.6 Å². The summed E-state index contributed by atoms with van der Waals surface area (Å²) < 4.78 is 0.512. The number of nitrogens with zero attached hydrogens (tertiary/aromatic N) is 1. The molecular formula is C17H18NO+. The van der Waals surface area contributed by atoms with Crippen LogP contribution in [0.5, 0.6) is 0 Å². The lowest BCUT2D eigenvalue weighted by molar-refractivity contribution is -0.874. The molecule has 0 N–H and O–H groups in total. The second-order valence-corrected chi connectivity index (χ2v) is 5.41. The van der Waals surface area contributed by atoms with Crippen LogP contribution >= 0.6 is 0 Å². The van der Waals surface area contributed by atoms with Gasteiger partial charge in [-0.2, -0.15) is 0 Å². The number of carbonyl (C=O) groups is 1. The smallest absolute Gasteiger partial charge is 0.217 e. The molecule has 96 valence electrons. The first-order valence-corrected chi connectivity index (χ1v) is 6.30. The average Bonchev–Trinajstić information content (AvgIpc) is 2.37. The molecule has 0 bridgehead atoms. The molecule has 0 atom stereocenters. The van der Waals surface area contributed by atoms with Crippen molar-refractivity contribution in [2.75, 3.05) is 27.2 Å². The van der Waals surface area contributed by atoms with Crippen molar-refractivity contribution in [1.29, 1.82) is 0 Å². The van der Waals surface area contributed by atoms with Crippen molar-refractivity contribution in [2.24, 2.45) is 0 Å². The number of quaternary nitrogens is 1. The number of Topliss-reactive ketones (excluding diaryl/α,β-unsaturated/α-hetero) is 1. The van der Waals surface area contributed by atoms with Gasteiger partial charge in [-0.05, 0) is 16.7 Å². The maximum Gasteiger partial charge on any atom is 0.217 e. The van der Waals surface area contributed by atoms with Crippen LogP contribution in [-0.2, 0) is 0 Å². The minimum absolute atomic E-state index is 0.136. The van der Waals surface area contributed by atoms with E-state index in [4.69, 9.17) is 6.42 Å². The monoisotopic (exact) mass is 252 g/mol. The summed E-state index contributed by atoms with van der Waals surface area (Å²) in [6.45, 7) is 0.967. The molecule has 19 heavy (non-hydrogen) atoms. The summed E-state index contributed by atoms with van der Waals surface area (Å²) >= 11 is 0. The number of carbonyl (C=O) groups excluding carboxylic acids is 1. The van der Waals surface area contributed by atoms with Gasteiger partial charge in [0.05, 0.1) is 14.1 Å². The van der Waals surface area contributed by atoms with Crippen LogP contribution in [0.1, 0.15) is 10.4 Å². The highest BCUT2D eigenvalue weighted by Crippen LogP contribution is 2.19. The topological polar surface area (TPSA) is 17.1 Å². The largest absolute Gasteiger partial charge is 0.312 e. The van der Waals surface area contributed by atoms with E-state index in [0.717, 1.165) is 16.3 Å². The molecule has 2 aromatic carbocycles. The Morgan fingerprint density at radius 3 is 2.58 bits per heavy atom. The van der Waals surface area contributed by atoms with Gasteiger partial charge in [-0.1, -0.05) is 42.5 Å². The molecule has 0 fully saturated rings. The first-order chi connectivity index (χ1) is 9.03. The van der Waals surface area contributed by atoms with Crippen LogP contribution in [0.25, 0.3) is 10.8 Å². The first kappa shape index (κ1) is 13.3. The summed E-state index contributed by atoms with van der Waals surface area (Å²) in [6.07, 6.45) is 5.34. The van der Waals surface area contributed by atoms with Gasteiger partial charge in [0.25, 0.3) is 0 Å². The van der Waals surface area contributed by atoms with Crippen LogP contribution in [0.4, 0.5) is 0 Å². The normalized spacial score (nSPS) is 11.2. The van der Waals surface area contributed by atoms with E-state index in [1.165, 1.54) is 0 Å². The summed E-state index contributed by atoms with van der Waals surface area (Å²) in [4.78, 5) is 12.5. The van der Waals surface area contributed by atoms with E-state index in [-0.39, 0.29) is 5.78 Å². The maximum atomic E-state index is 12.5. The first-order valence-electron chi connectivity index (χ1n) is 6.30. The quantitative estimate of drug-likeness (QED) is 0.464. The Morgan fingerprint density at radius 2 is 1.84 bits per heavy atom. The molecule has 0 aliphatic heterocycles. The highest BCUT2D eigenvalue weighted by Gasteiger charge is 2.21. The molecule has 0 aromatic heterocycles. The van der Waals surface area contributed by atoms with Crippen molar-refractivity contribution >= 4 is 16.6 Å². The third kappa shape index (κ3) is 3.01. The fourth-order valence-electron chi connectivity index (χ4n) is 2.25. The zero-order chi connectivity index (χ0) is 13.9. The number of ketones is 1. The lowest BCUT2D eigenvalue weighted by Gasteiger charge is -2.26.